The Bertz CT molecular complexity index is 712. The first-order valence-electron chi connectivity index (χ1n) is 8.25. The summed E-state index contributed by atoms with van der Waals surface area (Å²) in [6.45, 7) is 3.81. The molecule has 1 unspecified atom stereocenters. The number of carbonyl (C=O) groups excluding carboxylic acids is 2. The summed E-state index contributed by atoms with van der Waals surface area (Å²) in [6, 6.07) is 11.1. The van der Waals surface area contributed by atoms with E-state index in [2.05, 4.69) is 15.7 Å². The molecule has 1 aromatic heterocycles. The van der Waals surface area contributed by atoms with Crippen molar-refractivity contribution in [3.05, 3.63) is 47.7 Å². The SMILES string of the molecule is CCOC(=O)Cn1nc(C)cc1NC(=O)C(Cc1ccccc1)NC. The van der Waals surface area contributed by atoms with Crippen molar-refractivity contribution in [2.75, 3.05) is 19.0 Å². The summed E-state index contributed by atoms with van der Waals surface area (Å²) in [5.74, 6) is -0.101. The predicted octanol–water partition coefficient (Wildman–Crippen LogP) is 1.52. The van der Waals surface area contributed by atoms with E-state index in [1.54, 1.807) is 27.0 Å². The van der Waals surface area contributed by atoms with E-state index in [0.29, 0.717) is 24.5 Å². The molecule has 2 aromatic rings. The topological polar surface area (TPSA) is 85.2 Å². The fraction of sp³-hybridized carbons (Fsp3) is 0.389. The first kappa shape index (κ1) is 18.7. The Morgan fingerprint density at radius 1 is 1.28 bits per heavy atom. The number of nitrogens with one attached hydrogen (secondary N) is 2. The molecule has 1 heterocycles. The van der Waals surface area contributed by atoms with Crippen LogP contribution in [0.25, 0.3) is 0 Å². The first-order valence-corrected chi connectivity index (χ1v) is 8.25. The number of aromatic nitrogens is 2. The largest absolute Gasteiger partial charge is 0.465 e. The van der Waals surface area contributed by atoms with E-state index in [9.17, 15) is 9.59 Å². The number of benzene rings is 1. The highest BCUT2D eigenvalue weighted by atomic mass is 16.5. The molecule has 0 aliphatic rings. The van der Waals surface area contributed by atoms with Crippen molar-refractivity contribution in [1.29, 1.82) is 0 Å². The molecule has 0 aliphatic heterocycles. The van der Waals surface area contributed by atoms with Crippen molar-refractivity contribution in [2.45, 2.75) is 32.9 Å². The van der Waals surface area contributed by atoms with Crippen LogP contribution in [0.3, 0.4) is 0 Å². The molecule has 134 valence electrons. The molecule has 25 heavy (non-hydrogen) atoms. The lowest BCUT2D eigenvalue weighted by atomic mass is 10.1. The first-order chi connectivity index (χ1) is 12.0. The highest BCUT2D eigenvalue weighted by Gasteiger charge is 2.19. The number of likely N-dealkylation sites (N-methyl/N-ethyl adjacent to an activating group) is 1. The number of rotatable bonds is 8. The van der Waals surface area contributed by atoms with E-state index in [-0.39, 0.29) is 12.5 Å². The van der Waals surface area contributed by atoms with Gasteiger partial charge in [0.25, 0.3) is 0 Å². The van der Waals surface area contributed by atoms with Crippen molar-refractivity contribution in [3.63, 3.8) is 0 Å². The molecule has 0 saturated heterocycles. The maximum absolute atomic E-state index is 12.6. The lowest BCUT2D eigenvalue weighted by molar-refractivity contribution is -0.144. The van der Waals surface area contributed by atoms with Gasteiger partial charge in [0.15, 0.2) is 0 Å². The van der Waals surface area contributed by atoms with Gasteiger partial charge in [-0.05, 0) is 32.9 Å². The number of nitrogens with zero attached hydrogens (tertiary/aromatic N) is 2. The normalized spacial score (nSPS) is 11.8. The van der Waals surface area contributed by atoms with Gasteiger partial charge >= 0.3 is 5.97 Å². The van der Waals surface area contributed by atoms with Gasteiger partial charge in [0.2, 0.25) is 5.91 Å². The van der Waals surface area contributed by atoms with Crippen LogP contribution in [0.4, 0.5) is 5.82 Å². The Balaban J connectivity index is 2.06. The quantitative estimate of drug-likeness (QED) is 0.709. The van der Waals surface area contributed by atoms with Crippen LogP contribution in [-0.2, 0) is 27.3 Å². The fourth-order valence-electron chi connectivity index (χ4n) is 2.48. The van der Waals surface area contributed by atoms with Gasteiger partial charge in [0, 0.05) is 6.07 Å². The zero-order valence-corrected chi connectivity index (χ0v) is 14.8. The number of ether oxygens (including phenoxy) is 1. The number of anilines is 1. The van der Waals surface area contributed by atoms with Gasteiger partial charge in [-0.1, -0.05) is 30.3 Å². The summed E-state index contributed by atoms with van der Waals surface area (Å²) in [5.41, 5.74) is 1.77. The molecule has 1 aromatic carbocycles. The second-order valence-corrected chi connectivity index (χ2v) is 5.65. The minimum Gasteiger partial charge on any atom is -0.465 e. The molecule has 0 aliphatic carbocycles. The van der Waals surface area contributed by atoms with Gasteiger partial charge in [-0.15, -0.1) is 0 Å². The molecule has 0 fully saturated rings. The van der Waals surface area contributed by atoms with Crippen LogP contribution in [-0.4, -0.2) is 41.4 Å². The maximum atomic E-state index is 12.6. The van der Waals surface area contributed by atoms with Gasteiger partial charge in [0.1, 0.15) is 12.4 Å². The summed E-state index contributed by atoms with van der Waals surface area (Å²) in [6.07, 6.45) is 0.564. The highest BCUT2D eigenvalue weighted by Crippen LogP contribution is 2.12. The van der Waals surface area contributed by atoms with Gasteiger partial charge in [0.05, 0.1) is 18.3 Å². The Kier molecular flexibility index (Phi) is 6.71. The van der Waals surface area contributed by atoms with Crippen LogP contribution >= 0.6 is 0 Å². The lowest BCUT2D eigenvalue weighted by Crippen LogP contribution is -2.40. The van der Waals surface area contributed by atoms with Crippen LogP contribution in [0.2, 0.25) is 0 Å². The zero-order chi connectivity index (χ0) is 18.2. The minimum atomic E-state index is -0.395. The molecule has 2 N–H and O–H groups in total. The van der Waals surface area contributed by atoms with Gasteiger partial charge in [-0.3, -0.25) is 9.59 Å². The summed E-state index contributed by atoms with van der Waals surface area (Å²) >= 11 is 0. The van der Waals surface area contributed by atoms with E-state index < -0.39 is 12.0 Å². The molecule has 0 radical (unpaired) electrons. The van der Waals surface area contributed by atoms with E-state index in [1.807, 2.05) is 30.3 Å². The number of amides is 1. The van der Waals surface area contributed by atoms with Crippen LogP contribution in [0, 0.1) is 6.92 Å². The molecule has 7 nitrogen and oxygen atoms in total. The molecule has 1 atom stereocenters. The summed E-state index contributed by atoms with van der Waals surface area (Å²) in [7, 11) is 1.74. The smallest absolute Gasteiger partial charge is 0.327 e. The Morgan fingerprint density at radius 2 is 2.00 bits per heavy atom. The number of hydrogen-bond donors (Lipinski definition) is 2. The van der Waals surface area contributed by atoms with Gasteiger partial charge in [-0.25, -0.2) is 4.68 Å². The van der Waals surface area contributed by atoms with Crippen LogP contribution in [0.15, 0.2) is 36.4 Å². The van der Waals surface area contributed by atoms with Gasteiger partial charge < -0.3 is 15.4 Å². The standard InChI is InChI=1S/C18H24N4O3/c1-4-25-17(23)12-22-16(10-13(2)21-22)20-18(24)15(19-3)11-14-8-6-5-7-9-14/h5-10,15,19H,4,11-12H2,1-3H3,(H,20,24). The third kappa shape index (κ3) is 5.42. The zero-order valence-electron chi connectivity index (χ0n) is 14.8. The van der Waals surface area contributed by atoms with Crippen LogP contribution in [0.5, 0.6) is 0 Å². The van der Waals surface area contributed by atoms with Crippen molar-refractivity contribution in [2.24, 2.45) is 0 Å². The summed E-state index contributed by atoms with van der Waals surface area (Å²) in [4.78, 5) is 24.3. The Hall–Kier alpha value is -2.67. The van der Waals surface area contributed by atoms with Gasteiger partial charge in [-0.2, -0.15) is 5.10 Å². The Labute approximate surface area is 147 Å². The number of aryl methyl sites for hydroxylation is 1. The molecule has 7 heteroatoms. The van der Waals surface area contributed by atoms with E-state index in [0.717, 1.165) is 5.56 Å². The minimum absolute atomic E-state index is 0.0415. The van der Waals surface area contributed by atoms with E-state index >= 15 is 0 Å². The monoisotopic (exact) mass is 344 g/mol. The lowest BCUT2D eigenvalue weighted by Gasteiger charge is -2.16. The third-order valence-corrected chi connectivity index (χ3v) is 3.69. The van der Waals surface area contributed by atoms with Crippen molar-refractivity contribution in [3.8, 4) is 0 Å². The van der Waals surface area contributed by atoms with Crippen LogP contribution < -0.4 is 10.6 Å². The molecule has 1 amide bonds. The third-order valence-electron chi connectivity index (χ3n) is 3.69. The molecule has 0 bridgehead atoms. The molecular weight excluding hydrogens is 320 g/mol. The van der Waals surface area contributed by atoms with Crippen molar-refractivity contribution < 1.29 is 14.3 Å². The van der Waals surface area contributed by atoms with Crippen molar-refractivity contribution in [1.82, 2.24) is 15.1 Å². The summed E-state index contributed by atoms with van der Waals surface area (Å²) < 4.78 is 6.38. The average molecular weight is 344 g/mol. The highest BCUT2D eigenvalue weighted by molar-refractivity contribution is 5.94. The average Bonchev–Trinajstić information content (AvgIpc) is 2.92. The number of carbonyl (C=O) groups is 2. The number of hydrogen-bond acceptors (Lipinski definition) is 5. The molecule has 2 rings (SSSR count). The van der Waals surface area contributed by atoms with Crippen LogP contribution in [0.1, 0.15) is 18.2 Å². The summed E-state index contributed by atoms with van der Waals surface area (Å²) in [5, 5.41) is 10.1. The van der Waals surface area contributed by atoms with E-state index in [1.165, 1.54) is 4.68 Å². The molecular formula is C18H24N4O3. The van der Waals surface area contributed by atoms with E-state index in [4.69, 9.17) is 4.74 Å². The fourth-order valence-corrected chi connectivity index (χ4v) is 2.48. The maximum Gasteiger partial charge on any atom is 0.327 e. The van der Waals surface area contributed by atoms with Crippen molar-refractivity contribution >= 4 is 17.7 Å². The molecule has 0 saturated carbocycles. The predicted molar refractivity (Wildman–Crippen MR) is 95.2 cm³/mol. The number of esters is 1. The second kappa shape index (κ2) is 8.98. The second-order valence-electron chi connectivity index (χ2n) is 5.65. The molecule has 0 spiro atoms. The Morgan fingerprint density at radius 3 is 2.64 bits per heavy atom.